The highest BCUT2D eigenvalue weighted by Crippen LogP contribution is 2.36. The van der Waals surface area contributed by atoms with Gasteiger partial charge in [-0.25, -0.2) is 9.67 Å². The third kappa shape index (κ3) is 5.59. The topological polar surface area (TPSA) is 70.7 Å². The lowest BCUT2D eigenvalue weighted by Crippen LogP contribution is -1.94. The van der Waals surface area contributed by atoms with Crippen LogP contribution in [0.15, 0.2) is 85.6 Å². The van der Waals surface area contributed by atoms with Crippen LogP contribution in [0.25, 0.3) is 44.8 Å². The first-order valence-electron chi connectivity index (χ1n) is 12.6. The Bertz CT molecular complexity index is 1870. The first-order chi connectivity index (χ1) is 19.1. The maximum absolute atomic E-state index is 5.74. The van der Waals surface area contributed by atoms with Gasteiger partial charge in [-0.15, -0.1) is 5.92 Å². The Hall–Kier alpha value is -5.22. The van der Waals surface area contributed by atoms with E-state index in [2.05, 4.69) is 64.4 Å². The van der Waals surface area contributed by atoms with E-state index in [4.69, 9.17) is 14.8 Å². The second kappa shape index (κ2) is 12.3. The van der Waals surface area contributed by atoms with Gasteiger partial charge in [0.15, 0.2) is 0 Å². The standard InChI is InChI=1S/C32H26N6O.2CH4/c1-4-6-22-9-13-24(14-10-22)32-31-27-17-25(30(39-3)18-28(27)34-19-29(31)37(2)36-32)8-5-7-23-11-15-26(16-12-23)38-21-33-20-35-38;;/h5,8-21H,7H2,1-3H3;2*1H4/b8-5-;;. The van der Waals surface area contributed by atoms with E-state index in [9.17, 15) is 0 Å². The summed E-state index contributed by atoms with van der Waals surface area (Å²) < 4.78 is 9.37. The van der Waals surface area contributed by atoms with Gasteiger partial charge < -0.3 is 4.74 Å². The molecule has 7 nitrogen and oxygen atoms in total. The number of allylic oxidation sites excluding steroid dienone is 1. The number of ether oxygens (including phenoxy) is 1. The molecule has 41 heavy (non-hydrogen) atoms. The molecule has 0 N–H and O–H groups in total. The molecule has 0 saturated carbocycles. The highest BCUT2D eigenvalue weighted by Gasteiger charge is 2.16. The lowest BCUT2D eigenvalue weighted by Gasteiger charge is -2.09. The van der Waals surface area contributed by atoms with E-state index in [0.29, 0.717) is 0 Å². The summed E-state index contributed by atoms with van der Waals surface area (Å²) in [5.74, 6) is 6.83. The van der Waals surface area contributed by atoms with Crippen LogP contribution in [0.2, 0.25) is 0 Å². The Balaban J connectivity index is 0.00000194. The molecular weight excluding hydrogens is 508 g/mol. The third-order valence-electron chi connectivity index (χ3n) is 6.73. The van der Waals surface area contributed by atoms with Gasteiger partial charge in [0, 0.05) is 40.6 Å². The molecule has 0 unspecified atom stereocenters. The maximum Gasteiger partial charge on any atom is 0.138 e. The first kappa shape index (κ1) is 28.8. The third-order valence-corrected chi connectivity index (χ3v) is 6.73. The van der Waals surface area contributed by atoms with E-state index in [0.717, 1.165) is 62.0 Å². The van der Waals surface area contributed by atoms with Gasteiger partial charge in [-0.05, 0) is 49.2 Å². The van der Waals surface area contributed by atoms with Gasteiger partial charge in [0.2, 0.25) is 0 Å². The van der Waals surface area contributed by atoms with Crippen LogP contribution in [-0.2, 0) is 13.5 Å². The molecule has 0 aliphatic carbocycles. The lowest BCUT2D eigenvalue weighted by molar-refractivity contribution is 0.414. The molecule has 3 heterocycles. The van der Waals surface area contributed by atoms with E-state index in [1.165, 1.54) is 11.9 Å². The van der Waals surface area contributed by atoms with Gasteiger partial charge in [-0.1, -0.05) is 57.2 Å². The summed E-state index contributed by atoms with van der Waals surface area (Å²) in [6, 6.07) is 20.7. The smallest absolute Gasteiger partial charge is 0.138 e. The second-order valence-corrected chi connectivity index (χ2v) is 9.17. The summed E-state index contributed by atoms with van der Waals surface area (Å²) >= 11 is 0. The van der Waals surface area contributed by atoms with Crippen LogP contribution in [0.4, 0.5) is 0 Å². The van der Waals surface area contributed by atoms with Crippen molar-refractivity contribution in [3.63, 3.8) is 0 Å². The van der Waals surface area contributed by atoms with E-state index < -0.39 is 0 Å². The molecule has 0 aliphatic rings. The average molecular weight is 543 g/mol. The minimum atomic E-state index is 0. The normalized spacial score (nSPS) is 10.7. The van der Waals surface area contributed by atoms with Gasteiger partial charge >= 0.3 is 0 Å². The van der Waals surface area contributed by atoms with E-state index in [1.54, 1.807) is 18.1 Å². The molecule has 206 valence electrons. The van der Waals surface area contributed by atoms with Crippen molar-refractivity contribution >= 4 is 27.9 Å². The number of nitrogens with zero attached hydrogens (tertiary/aromatic N) is 6. The summed E-state index contributed by atoms with van der Waals surface area (Å²) in [4.78, 5) is 8.74. The van der Waals surface area contributed by atoms with E-state index in [1.807, 2.05) is 55.2 Å². The van der Waals surface area contributed by atoms with Crippen molar-refractivity contribution in [2.45, 2.75) is 28.2 Å². The molecule has 0 amide bonds. The van der Waals surface area contributed by atoms with Crippen molar-refractivity contribution in [1.82, 2.24) is 29.5 Å². The average Bonchev–Trinajstić information content (AvgIpc) is 3.62. The van der Waals surface area contributed by atoms with Crippen LogP contribution in [0.5, 0.6) is 5.75 Å². The molecule has 6 rings (SSSR count). The van der Waals surface area contributed by atoms with Gasteiger partial charge in [0.1, 0.15) is 24.1 Å². The number of fused-ring (bicyclic) bond motifs is 3. The number of methoxy groups -OCH3 is 1. The fourth-order valence-corrected chi connectivity index (χ4v) is 4.79. The Morgan fingerprint density at radius 2 is 1.78 bits per heavy atom. The summed E-state index contributed by atoms with van der Waals surface area (Å²) in [6.45, 7) is 1.84. The summed E-state index contributed by atoms with van der Waals surface area (Å²) in [5.41, 5.74) is 7.95. The highest BCUT2D eigenvalue weighted by molar-refractivity contribution is 6.12. The molecule has 3 aromatic carbocycles. The van der Waals surface area contributed by atoms with Crippen LogP contribution in [0.3, 0.4) is 0 Å². The lowest BCUT2D eigenvalue weighted by atomic mass is 10.0. The molecule has 7 heteroatoms. The zero-order valence-electron chi connectivity index (χ0n) is 22.0. The minimum absolute atomic E-state index is 0. The zero-order valence-corrected chi connectivity index (χ0v) is 22.0. The number of hydrogen-bond acceptors (Lipinski definition) is 5. The van der Waals surface area contributed by atoms with Crippen molar-refractivity contribution in [3.8, 4) is 34.5 Å². The molecule has 0 radical (unpaired) electrons. The summed E-state index contributed by atoms with van der Waals surface area (Å²) in [6.07, 6.45) is 10.1. The van der Waals surface area contributed by atoms with Gasteiger partial charge in [0.05, 0.1) is 30.0 Å². The van der Waals surface area contributed by atoms with Crippen LogP contribution in [0, 0.1) is 11.8 Å². The Morgan fingerprint density at radius 3 is 2.46 bits per heavy atom. The predicted molar refractivity (Wildman–Crippen MR) is 168 cm³/mol. The van der Waals surface area contributed by atoms with Crippen LogP contribution >= 0.6 is 0 Å². The Morgan fingerprint density at radius 1 is 1.00 bits per heavy atom. The molecular formula is C34H34N6O. The van der Waals surface area contributed by atoms with Gasteiger partial charge in [-0.2, -0.15) is 10.2 Å². The first-order valence-corrected chi connectivity index (χ1v) is 12.6. The van der Waals surface area contributed by atoms with Crippen molar-refractivity contribution in [1.29, 1.82) is 0 Å². The fourth-order valence-electron chi connectivity index (χ4n) is 4.79. The molecule has 0 saturated heterocycles. The number of benzene rings is 3. The van der Waals surface area contributed by atoms with Gasteiger partial charge in [0.25, 0.3) is 0 Å². The Kier molecular flexibility index (Phi) is 8.64. The summed E-state index contributed by atoms with van der Waals surface area (Å²) in [7, 11) is 3.64. The molecule has 6 aromatic rings. The van der Waals surface area contributed by atoms with Gasteiger partial charge in [-0.3, -0.25) is 9.67 Å². The molecule has 3 aromatic heterocycles. The fraction of sp³-hybridized carbons (Fsp3) is 0.176. The Labute approximate surface area is 241 Å². The van der Waals surface area contributed by atoms with Crippen LogP contribution < -0.4 is 4.74 Å². The molecule has 0 spiro atoms. The molecule has 0 atom stereocenters. The van der Waals surface area contributed by atoms with Crippen molar-refractivity contribution in [2.75, 3.05) is 7.11 Å². The molecule has 0 fully saturated rings. The summed E-state index contributed by atoms with van der Waals surface area (Å²) in [5, 5.41) is 11.2. The number of rotatable bonds is 6. The number of aromatic nitrogens is 6. The number of hydrogen-bond donors (Lipinski definition) is 0. The maximum atomic E-state index is 5.74. The van der Waals surface area contributed by atoms with E-state index >= 15 is 0 Å². The quantitative estimate of drug-likeness (QED) is 0.207. The van der Waals surface area contributed by atoms with Crippen LogP contribution in [0.1, 0.15) is 38.5 Å². The van der Waals surface area contributed by atoms with E-state index in [-0.39, 0.29) is 14.9 Å². The van der Waals surface area contributed by atoms with Crippen molar-refractivity contribution < 1.29 is 4.74 Å². The molecule has 0 aliphatic heterocycles. The van der Waals surface area contributed by atoms with Crippen LogP contribution in [-0.4, -0.2) is 36.6 Å². The van der Waals surface area contributed by atoms with Crippen molar-refractivity contribution in [2.24, 2.45) is 7.05 Å². The second-order valence-electron chi connectivity index (χ2n) is 9.17. The largest absolute Gasteiger partial charge is 0.496 e. The molecule has 0 bridgehead atoms. The highest BCUT2D eigenvalue weighted by atomic mass is 16.5. The SMILES string of the molecule is C.C.CC#Cc1ccc(-c2nn(C)c3cnc4cc(OC)c(/C=C\Cc5ccc(-n6cncn6)cc5)cc4c23)cc1. The zero-order chi connectivity index (χ0) is 26.8. The van der Waals surface area contributed by atoms with Crippen molar-refractivity contribution in [3.05, 3.63) is 102 Å². The number of pyridine rings is 1. The number of aryl methyl sites for hydroxylation is 1. The minimum Gasteiger partial charge on any atom is -0.496 e. The monoisotopic (exact) mass is 542 g/mol. The predicted octanol–water partition coefficient (Wildman–Crippen LogP) is 7.28.